The SMILES string of the molecule is Cc1c(CC(=O)Nc2ccc(=O)n(CC(=O)O)c2)c(CC2CC(C(=O)Nc3ccc(=O)n(CC(O)O)c3)C3CCC(O)[C@@H]4CC(C2)[C@@H](C)C34)nn1-c1ccc(F)cc1F. The van der Waals surface area contributed by atoms with E-state index in [9.17, 15) is 48.8 Å². The first-order chi connectivity index (χ1) is 28.1. The van der Waals surface area contributed by atoms with Crippen LogP contribution in [-0.4, -0.2) is 69.5 Å². The maximum atomic E-state index is 15.3. The number of aliphatic hydroxyl groups is 3. The number of carbonyl (C=O) groups is 3. The molecule has 3 aliphatic rings. The number of carbonyl (C=O) groups excluding carboxylic acids is 2. The summed E-state index contributed by atoms with van der Waals surface area (Å²) in [7, 11) is 0. The lowest BCUT2D eigenvalue weighted by atomic mass is 9.61. The van der Waals surface area contributed by atoms with Gasteiger partial charge in [-0.3, -0.25) is 24.0 Å². The van der Waals surface area contributed by atoms with Gasteiger partial charge in [0.25, 0.3) is 11.1 Å². The van der Waals surface area contributed by atoms with E-state index in [0.29, 0.717) is 54.7 Å². The number of fused-ring (bicyclic) bond motifs is 1. The van der Waals surface area contributed by atoms with Gasteiger partial charge in [-0.25, -0.2) is 13.5 Å². The third kappa shape index (κ3) is 8.91. The zero-order valence-corrected chi connectivity index (χ0v) is 32.6. The molecule has 4 aromatic rings. The third-order valence-corrected chi connectivity index (χ3v) is 12.7. The number of benzene rings is 1. The molecule has 0 saturated heterocycles. The molecule has 3 heterocycles. The molecule has 3 aliphatic carbocycles. The number of pyridine rings is 2. The first-order valence-corrected chi connectivity index (χ1v) is 19.9. The Balaban J connectivity index is 1.23. The van der Waals surface area contributed by atoms with Crippen molar-refractivity contribution >= 4 is 29.2 Å². The van der Waals surface area contributed by atoms with Gasteiger partial charge in [-0.15, -0.1) is 0 Å². The van der Waals surface area contributed by atoms with Crippen LogP contribution >= 0.6 is 0 Å². The van der Waals surface area contributed by atoms with Gasteiger partial charge in [-0.05, 0) is 105 Å². The van der Waals surface area contributed by atoms with Crippen LogP contribution in [0.1, 0.15) is 56.0 Å². The van der Waals surface area contributed by atoms with Gasteiger partial charge in [0.2, 0.25) is 11.8 Å². The Morgan fingerprint density at radius 2 is 1.61 bits per heavy atom. The molecule has 314 valence electrons. The number of aliphatic carboxylic acids is 1. The number of hydrogen-bond donors (Lipinski definition) is 6. The second-order valence-electron chi connectivity index (χ2n) is 16.5. The summed E-state index contributed by atoms with van der Waals surface area (Å²) < 4.78 is 32.7. The van der Waals surface area contributed by atoms with Gasteiger partial charge in [0.15, 0.2) is 12.1 Å². The largest absolute Gasteiger partial charge is 0.480 e. The topological polar surface area (TPSA) is 218 Å². The maximum Gasteiger partial charge on any atom is 0.323 e. The van der Waals surface area contributed by atoms with Gasteiger partial charge in [-0.2, -0.15) is 5.10 Å². The molecule has 3 fully saturated rings. The van der Waals surface area contributed by atoms with Crippen LogP contribution in [0.4, 0.5) is 20.2 Å². The number of carboxylic acid groups (broad SMARTS) is 1. The van der Waals surface area contributed by atoms with Crippen molar-refractivity contribution in [1.82, 2.24) is 18.9 Å². The van der Waals surface area contributed by atoms with Gasteiger partial charge >= 0.3 is 5.97 Å². The minimum atomic E-state index is -1.78. The normalized spacial score (nSPS) is 25.0. The molecule has 7 rings (SSSR count). The Labute approximate surface area is 337 Å². The number of aliphatic hydroxyl groups excluding tert-OH is 2. The van der Waals surface area contributed by atoms with Gasteiger partial charge < -0.3 is 40.2 Å². The van der Waals surface area contributed by atoms with Crippen LogP contribution in [-0.2, 0) is 40.3 Å². The van der Waals surface area contributed by atoms with E-state index in [1.807, 2.05) is 0 Å². The fourth-order valence-electron chi connectivity index (χ4n) is 10.2. The molecule has 15 nitrogen and oxygen atoms in total. The molecular weight excluding hydrogens is 770 g/mol. The van der Waals surface area contributed by atoms with Gasteiger partial charge in [0.05, 0.1) is 36.1 Å². The summed E-state index contributed by atoms with van der Waals surface area (Å²) in [5, 5.41) is 49.9. The average molecular weight is 819 g/mol. The molecule has 0 aliphatic heterocycles. The predicted molar refractivity (Wildman–Crippen MR) is 209 cm³/mol. The van der Waals surface area contributed by atoms with Crippen molar-refractivity contribution in [3.05, 3.63) is 104 Å². The fourth-order valence-corrected chi connectivity index (χ4v) is 10.2. The Hall–Kier alpha value is -5.52. The monoisotopic (exact) mass is 818 g/mol. The number of rotatable bonds is 12. The van der Waals surface area contributed by atoms with Crippen molar-refractivity contribution in [3.63, 3.8) is 0 Å². The Bertz CT molecular complexity index is 2380. The third-order valence-electron chi connectivity index (χ3n) is 12.7. The lowest BCUT2D eigenvalue weighted by Crippen LogP contribution is -2.45. The quantitative estimate of drug-likeness (QED) is 0.115. The molecule has 3 aromatic heterocycles. The van der Waals surface area contributed by atoms with Crippen LogP contribution in [0.2, 0.25) is 0 Å². The van der Waals surface area contributed by atoms with Crippen molar-refractivity contribution in [2.24, 2.45) is 41.4 Å². The van der Waals surface area contributed by atoms with E-state index >= 15 is 4.39 Å². The lowest BCUT2D eigenvalue weighted by Gasteiger charge is -2.44. The van der Waals surface area contributed by atoms with Crippen LogP contribution in [0, 0.1) is 60.0 Å². The highest BCUT2D eigenvalue weighted by Gasteiger charge is 2.54. The number of nitrogens with zero attached hydrogens (tertiary/aromatic N) is 4. The zero-order valence-electron chi connectivity index (χ0n) is 32.6. The summed E-state index contributed by atoms with van der Waals surface area (Å²) in [6, 6.07) is 8.32. The fraction of sp³-hybridized carbons (Fsp3) is 0.476. The van der Waals surface area contributed by atoms with Crippen molar-refractivity contribution in [3.8, 4) is 5.69 Å². The molecule has 17 heteroatoms. The molecule has 3 saturated carbocycles. The Morgan fingerprint density at radius 1 is 0.915 bits per heavy atom. The first-order valence-electron chi connectivity index (χ1n) is 19.9. The van der Waals surface area contributed by atoms with Gasteiger partial charge in [0, 0.05) is 47.8 Å². The maximum absolute atomic E-state index is 15.3. The number of halogens is 2. The highest BCUT2D eigenvalue weighted by Crippen LogP contribution is 2.57. The van der Waals surface area contributed by atoms with Crippen molar-refractivity contribution in [1.29, 1.82) is 0 Å². The number of aromatic nitrogens is 4. The van der Waals surface area contributed by atoms with E-state index in [4.69, 9.17) is 5.10 Å². The summed E-state index contributed by atoms with van der Waals surface area (Å²) in [6.45, 7) is 2.86. The minimum absolute atomic E-state index is 0.0164. The molecule has 6 N–H and O–H groups in total. The lowest BCUT2D eigenvalue weighted by molar-refractivity contribution is -0.137. The van der Waals surface area contributed by atoms with Crippen molar-refractivity contribution in [2.45, 2.75) is 84.3 Å². The molecule has 59 heavy (non-hydrogen) atoms. The molecule has 0 spiro atoms. The minimum Gasteiger partial charge on any atom is -0.480 e. The number of hydrogen-bond acceptors (Lipinski definition) is 9. The van der Waals surface area contributed by atoms with E-state index in [2.05, 4.69) is 17.6 Å². The van der Waals surface area contributed by atoms with E-state index in [1.165, 1.54) is 41.3 Å². The van der Waals surface area contributed by atoms with Crippen LogP contribution in [0.25, 0.3) is 5.69 Å². The average Bonchev–Trinajstić information content (AvgIpc) is 3.66. The smallest absolute Gasteiger partial charge is 0.323 e. The summed E-state index contributed by atoms with van der Waals surface area (Å²) >= 11 is 0. The van der Waals surface area contributed by atoms with Crippen LogP contribution in [0.3, 0.4) is 0 Å². The Kier molecular flexibility index (Phi) is 12.0. The number of nitrogens with one attached hydrogen (secondary N) is 2. The number of anilines is 2. The van der Waals surface area contributed by atoms with E-state index in [1.54, 1.807) is 6.92 Å². The predicted octanol–water partition coefficient (Wildman–Crippen LogP) is 3.23. The summed E-state index contributed by atoms with van der Waals surface area (Å²) in [5.41, 5.74) is 0.798. The van der Waals surface area contributed by atoms with Crippen molar-refractivity contribution < 1.29 is 43.6 Å². The highest BCUT2D eigenvalue weighted by atomic mass is 19.1. The van der Waals surface area contributed by atoms with Gasteiger partial charge in [0.1, 0.15) is 18.0 Å². The second-order valence-corrected chi connectivity index (χ2v) is 16.5. The molecule has 6 unspecified atom stereocenters. The number of carboxylic acids is 1. The van der Waals surface area contributed by atoms with E-state index in [-0.39, 0.29) is 65.8 Å². The summed E-state index contributed by atoms with van der Waals surface area (Å²) in [6.07, 6.45) is 3.45. The van der Waals surface area contributed by atoms with E-state index < -0.39 is 59.5 Å². The molecule has 1 aromatic carbocycles. The molecular formula is C42H48F2N6O9. The van der Waals surface area contributed by atoms with Crippen LogP contribution < -0.4 is 21.8 Å². The highest BCUT2D eigenvalue weighted by molar-refractivity contribution is 5.93. The van der Waals surface area contributed by atoms with Gasteiger partial charge in [-0.1, -0.05) is 6.92 Å². The zero-order chi connectivity index (χ0) is 42.3. The number of amides is 2. The second kappa shape index (κ2) is 17.0. The Morgan fingerprint density at radius 3 is 2.31 bits per heavy atom. The van der Waals surface area contributed by atoms with Crippen molar-refractivity contribution in [2.75, 3.05) is 10.6 Å². The molecule has 0 radical (unpaired) electrons. The first kappa shape index (κ1) is 41.6. The van der Waals surface area contributed by atoms with E-state index in [0.717, 1.165) is 33.8 Å². The standard InChI is InChI=1S/C42H48F2N6O9/c1-21-24-11-23(12-30(28-6-8-35(51)31(14-24)41(21)28)42(59)46-27-5-10-38(54)49(18-27)20-40(57)58)13-33-29(22(2)50(47-33)34-7-3-25(43)15-32(34)44)16-36(52)45-26-4-9-37(53)48(17-26)19-39(55)56/h3-5,7,9-10,15,17-18,21,23-24,28,30-31,35,40-41,51,57-58H,6,8,11-14,16,19-20H2,1-2H3,(H,45,52)(H,46,59)(H,55,56)/t21-,23?,24?,28?,30?,31+,35?,41?/m1/s1. The molecule has 2 amide bonds. The summed E-state index contributed by atoms with van der Waals surface area (Å²) in [5.74, 6) is -3.91. The molecule has 2 bridgehead atoms. The molecule has 8 atom stereocenters. The summed E-state index contributed by atoms with van der Waals surface area (Å²) in [4.78, 5) is 64.0. The van der Waals surface area contributed by atoms with Crippen LogP contribution in [0.5, 0.6) is 0 Å². The van der Waals surface area contributed by atoms with Crippen LogP contribution in [0.15, 0.2) is 64.4 Å².